The van der Waals surface area contributed by atoms with Crippen LogP contribution in [0, 0.1) is 0 Å². The van der Waals surface area contributed by atoms with Gasteiger partial charge >= 0.3 is 0 Å². The molecule has 0 amide bonds. The molecule has 1 aromatic heterocycles. The Morgan fingerprint density at radius 3 is 2.71 bits per heavy atom. The van der Waals surface area contributed by atoms with Gasteiger partial charge in [-0.15, -0.1) is 0 Å². The van der Waals surface area contributed by atoms with Crippen LogP contribution in [0.4, 0.5) is 0 Å². The largest absolute Gasteiger partial charge is 0.354 e. The van der Waals surface area contributed by atoms with E-state index < -0.39 is 14.6 Å². The number of sulfone groups is 1. The van der Waals surface area contributed by atoms with Gasteiger partial charge in [0, 0.05) is 26.7 Å². The van der Waals surface area contributed by atoms with Crippen LogP contribution in [0.2, 0.25) is 0 Å². The maximum atomic E-state index is 12.2. The number of hydrogen-bond donors (Lipinski definition) is 1. The maximum absolute atomic E-state index is 12.2. The number of guanidine groups is 1. The quantitative estimate of drug-likeness (QED) is 0.640. The minimum absolute atomic E-state index is 0.169. The molecule has 1 aliphatic heterocycles. The molecule has 0 radical (unpaired) electrons. The van der Waals surface area contributed by atoms with E-state index in [4.69, 9.17) is 0 Å². The van der Waals surface area contributed by atoms with E-state index in [1.54, 1.807) is 32.2 Å². The molecule has 8 heteroatoms. The van der Waals surface area contributed by atoms with Crippen molar-refractivity contribution in [2.45, 2.75) is 24.6 Å². The molecule has 2 heterocycles. The number of nitrogens with zero attached hydrogens (tertiary/aromatic N) is 3. The molecule has 1 fully saturated rings. The molecule has 24 heavy (non-hydrogen) atoms. The van der Waals surface area contributed by atoms with E-state index in [0.29, 0.717) is 13.1 Å². The van der Waals surface area contributed by atoms with Gasteiger partial charge in [0.05, 0.1) is 16.5 Å². The van der Waals surface area contributed by atoms with Crippen LogP contribution in [0.5, 0.6) is 0 Å². The fraction of sp³-hybridized carbons (Fsp3) is 0.688. The number of nitrogens with one attached hydrogen (secondary N) is 1. The van der Waals surface area contributed by atoms with E-state index in [2.05, 4.69) is 46.1 Å². The smallest absolute Gasteiger partial charge is 0.193 e. The van der Waals surface area contributed by atoms with Crippen LogP contribution in [-0.4, -0.2) is 75.5 Å². The summed E-state index contributed by atoms with van der Waals surface area (Å²) in [4.78, 5) is 8.57. The Morgan fingerprint density at radius 2 is 2.21 bits per heavy atom. The molecule has 0 aliphatic carbocycles. The number of rotatable bonds is 4. The van der Waals surface area contributed by atoms with E-state index >= 15 is 0 Å². The highest BCUT2D eigenvalue weighted by Gasteiger charge is 2.41. The lowest BCUT2D eigenvalue weighted by Gasteiger charge is -2.39. The molecule has 0 saturated carbocycles. The Hall–Kier alpha value is -1.12. The molecule has 1 unspecified atom stereocenters. The lowest BCUT2D eigenvalue weighted by Crippen LogP contribution is -2.57. The molecule has 2 rings (SSSR count). The Morgan fingerprint density at radius 1 is 1.50 bits per heavy atom. The Balaban J connectivity index is 2.05. The van der Waals surface area contributed by atoms with Crippen LogP contribution in [0.25, 0.3) is 0 Å². The van der Waals surface area contributed by atoms with Crippen LogP contribution >= 0.6 is 11.3 Å². The predicted octanol–water partition coefficient (Wildman–Crippen LogP) is 1.44. The minimum Gasteiger partial charge on any atom is -0.354 e. The third kappa shape index (κ3) is 4.10. The Labute approximate surface area is 149 Å². The van der Waals surface area contributed by atoms with Crippen LogP contribution in [0.3, 0.4) is 0 Å². The number of likely N-dealkylation sites (N-methyl/N-ethyl adjacent to an activating group) is 1. The topological polar surface area (TPSA) is 65.0 Å². The molecule has 1 N–H and O–H groups in total. The van der Waals surface area contributed by atoms with Gasteiger partial charge in [-0.2, -0.15) is 11.3 Å². The van der Waals surface area contributed by atoms with Crippen molar-refractivity contribution in [2.24, 2.45) is 4.99 Å². The number of aliphatic imine (C=N–C) groups is 1. The van der Waals surface area contributed by atoms with Gasteiger partial charge < -0.3 is 15.1 Å². The van der Waals surface area contributed by atoms with Crippen LogP contribution in [0.15, 0.2) is 21.8 Å². The second kappa shape index (κ2) is 7.41. The predicted molar refractivity (Wildman–Crippen MR) is 102 cm³/mol. The molecule has 0 spiro atoms. The first kappa shape index (κ1) is 19.2. The molecule has 1 aromatic rings. The average Bonchev–Trinajstić information content (AvgIpc) is 3.00. The lowest BCUT2D eigenvalue weighted by molar-refractivity contribution is 0.291. The second-order valence-electron chi connectivity index (χ2n) is 6.96. The summed E-state index contributed by atoms with van der Waals surface area (Å²) < 4.78 is 23.6. The highest BCUT2D eigenvalue weighted by molar-refractivity contribution is 7.92. The van der Waals surface area contributed by atoms with Crippen molar-refractivity contribution < 1.29 is 8.42 Å². The van der Waals surface area contributed by atoms with Crippen molar-refractivity contribution >= 4 is 27.1 Å². The zero-order valence-corrected chi connectivity index (χ0v) is 16.7. The van der Waals surface area contributed by atoms with Crippen molar-refractivity contribution in [3.63, 3.8) is 0 Å². The first-order valence-corrected chi connectivity index (χ1v) is 10.6. The molecule has 6 nitrogen and oxygen atoms in total. The fourth-order valence-corrected chi connectivity index (χ4v) is 4.98. The standard InChI is InChI=1S/C16H28N4O2S2/c1-16(2)12-20(7-9-24(16,21)22)15(17-3)18-10-14(19(4)5)13-6-8-23-11-13/h6,8,11,14H,7,9-10,12H2,1-5H3,(H,17,18). The van der Waals surface area contributed by atoms with Gasteiger partial charge in [-0.05, 0) is 50.3 Å². The first-order valence-electron chi connectivity index (χ1n) is 8.04. The van der Waals surface area contributed by atoms with Gasteiger partial charge in [-0.3, -0.25) is 4.99 Å². The van der Waals surface area contributed by atoms with Crippen LogP contribution in [-0.2, 0) is 9.84 Å². The SMILES string of the molecule is CN=C(NCC(c1ccsc1)N(C)C)N1CCS(=O)(=O)C(C)(C)C1. The third-order valence-corrected chi connectivity index (χ3v) is 7.79. The van der Waals surface area contributed by atoms with Gasteiger partial charge in [-0.25, -0.2) is 8.42 Å². The number of thiophene rings is 1. The Kier molecular flexibility index (Phi) is 5.93. The first-order chi connectivity index (χ1) is 11.2. The highest BCUT2D eigenvalue weighted by Crippen LogP contribution is 2.24. The van der Waals surface area contributed by atoms with Crippen LogP contribution < -0.4 is 5.32 Å². The summed E-state index contributed by atoms with van der Waals surface area (Å²) in [6, 6.07) is 2.38. The van der Waals surface area contributed by atoms with Gasteiger partial charge in [0.1, 0.15) is 0 Å². The van der Waals surface area contributed by atoms with Crippen molar-refractivity contribution in [3.8, 4) is 0 Å². The second-order valence-corrected chi connectivity index (χ2v) is 10.5. The van der Waals surface area contributed by atoms with Crippen molar-refractivity contribution in [1.29, 1.82) is 0 Å². The minimum atomic E-state index is -3.05. The average molecular weight is 373 g/mol. The molecular formula is C16H28N4O2S2. The van der Waals surface area contributed by atoms with E-state index in [1.165, 1.54) is 5.56 Å². The van der Waals surface area contributed by atoms with Gasteiger partial charge in [-0.1, -0.05) is 0 Å². The zero-order valence-electron chi connectivity index (χ0n) is 15.1. The third-order valence-electron chi connectivity index (χ3n) is 4.56. The Bertz CT molecular complexity index is 666. The van der Waals surface area contributed by atoms with Gasteiger partial charge in [0.15, 0.2) is 15.8 Å². The molecule has 136 valence electrons. The zero-order chi connectivity index (χ0) is 18.0. The van der Waals surface area contributed by atoms with E-state index in [1.807, 2.05) is 4.90 Å². The van der Waals surface area contributed by atoms with Crippen molar-refractivity contribution in [3.05, 3.63) is 22.4 Å². The normalized spacial score (nSPS) is 21.8. The molecular weight excluding hydrogens is 344 g/mol. The molecule has 1 aliphatic rings. The van der Waals surface area contributed by atoms with Gasteiger partial charge in [0.2, 0.25) is 0 Å². The van der Waals surface area contributed by atoms with E-state index in [-0.39, 0.29) is 11.8 Å². The highest BCUT2D eigenvalue weighted by atomic mass is 32.2. The molecule has 1 atom stereocenters. The van der Waals surface area contributed by atoms with Crippen LogP contribution in [0.1, 0.15) is 25.5 Å². The van der Waals surface area contributed by atoms with Crippen molar-refractivity contribution in [2.75, 3.05) is 46.5 Å². The van der Waals surface area contributed by atoms with Crippen molar-refractivity contribution in [1.82, 2.24) is 15.1 Å². The molecule has 1 saturated heterocycles. The monoisotopic (exact) mass is 372 g/mol. The summed E-state index contributed by atoms with van der Waals surface area (Å²) in [5.74, 6) is 0.933. The fourth-order valence-electron chi connectivity index (χ4n) is 2.91. The number of hydrogen-bond acceptors (Lipinski definition) is 5. The lowest BCUT2D eigenvalue weighted by atomic mass is 10.1. The summed E-state index contributed by atoms with van der Waals surface area (Å²) in [7, 11) is 2.81. The molecule has 0 aromatic carbocycles. The summed E-state index contributed by atoms with van der Waals surface area (Å²) in [5, 5.41) is 7.66. The summed E-state index contributed by atoms with van der Waals surface area (Å²) >= 11 is 1.69. The maximum Gasteiger partial charge on any atom is 0.193 e. The summed E-state index contributed by atoms with van der Waals surface area (Å²) in [5.41, 5.74) is 1.27. The van der Waals surface area contributed by atoms with E-state index in [9.17, 15) is 8.42 Å². The summed E-state index contributed by atoms with van der Waals surface area (Å²) in [6.07, 6.45) is 0. The summed E-state index contributed by atoms with van der Waals surface area (Å²) in [6.45, 7) is 5.24. The van der Waals surface area contributed by atoms with E-state index in [0.717, 1.165) is 12.5 Å². The molecule has 0 bridgehead atoms. The van der Waals surface area contributed by atoms with Gasteiger partial charge in [0.25, 0.3) is 0 Å².